The van der Waals surface area contributed by atoms with E-state index in [2.05, 4.69) is 18.4 Å². The van der Waals surface area contributed by atoms with Gasteiger partial charge in [0.25, 0.3) is 5.97 Å². The van der Waals surface area contributed by atoms with Gasteiger partial charge in [-0.25, -0.2) is 4.57 Å². The second kappa shape index (κ2) is 12.5. The molecule has 0 aliphatic rings. The third kappa shape index (κ3) is 14.4. The summed E-state index contributed by atoms with van der Waals surface area (Å²) in [6, 6.07) is 0. The van der Waals surface area contributed by atoms with Crippen LogP contribution in [-0.2, 0) is 28.2 Å². The second-order valence-electron chi connectivity index (χ2n) is 4.85. The molecule has 8 nitrogen and oxygen atoms in total. The van der Waals surface area contributed by atoms with Crippen molar-refractivity contribution in [1.29, 1.82) is 0 Å². The number of hydrogen-bond donors (Lipinski definition) is 2. The van der Waals surface area contributed by atoms with Crippen molar-refractivity contribution in [3.8, 4) is 0 Å². The minimum absolute atomic E-state index is 0.105. The Bertz CT molecular complexity index is 392. The number of carbonyl (C=O) groups is 2. The third-order valence-corrected chi connectivity index (χ3v) is 3.23. The largest absolute Gasteiger partial charge is 0.469 e. The van der Waals surface area contributed by atoms with Crippen LogP contribution >= 0.6 is 7.82 Å². The number of ether oxygens (including phenoxy) is 2. The Morgan fingerprint density at radius 2 is 1.65 bits per heavy atom. The first kappa shape index (κ1) is 22.1. The van der Waals surface area contributed by atoms with Crippen molar-refractivity contribution in [3.63, 3.8) is 0 Å². The molecule has 23 heavy (non-hydrogen) atoms. The fraction of sp³-hybridized carbons (Fsp3) is 0.714. The molecule has 0 unspecified atom stereocenters. The van der Waals surface area contributed by atoms with Crippen molar-refractivity contribution in [3.05, 3.63) is 13.8 Å². The van der Waals surface area contributed by atoms with Crippen LogP contribution in [0.2, 0.25) is 0 Å². The third-order valence-electron chi connectivity index (χ3n) is 2.74. The lowest BCUT2D eigenvalue weighted by Gasteiger charge is -2.18. The summed E-state index contributed by atoms with van der Waals surface area (Å²) in [4.78, 5) is 40.1. The van der Waals surface area contributed by atoms with E-state index in [9.17, 15) is 14.2 Å². The lowest BCUT2D eigenvalue weighted by molar-refractivity contribution is -0.160. The van der Waals surface area contributed by atoms with Crippen LogP contribution in [0, 0.1) is 13.8 Å². The number of esters is 2. The number of carbonyl (C=O) groups excluding carboxylic acids is 2. The van der Waals surface area contributed by atoms with Gasteiger partial charge in [0.2, 0.25) is 0 Å². The average Bonchev–Trinajstić information content (AvgIpc) is 2.48. The van der Waals surface area contributed by atoms with Crippen molar-refractivity contribution in [2.45, 2.75) is 51.0 Å². The molecule has 1 atom stereocenters. The molecule has 0 radical (unpaired) electrons. The van der Waals surface area contributed by atoms with Crippen LogP contribution in [0.1, 0.15) is 44.9 Å². The highest BCUT2D eigenvalue weighted by Crippen LogP contribution is 2.35. The van der Waals surface area contributed by atoms with Crippen LogP contribution in [0.25, 0.3) is 0 Å². The monoisotopic (exact) mass is 352 g/mol. The summed E-state index contributed by atoms with van der Waals surface area (Å²) in [5, 5.41) is 0. The first-order chi connectivity index (χ1) is 10.8. The molecule has 0 aromatic rings. The fourth-order valence-corrected chi connectivity index (χ4v) is 1.96. The number of rotatable bonds is 13. The molecule has 9 heteroatoms. The van der Waals surface area contributed by atoms with E-state index >= 15 is 0 Å². The molecular weight excluding hydrogens is 327 g/mol. The summed E-state index contributed by atoms with van der Waals surface area (Å²) in [6.07, 6.45) is 3.32. The van der Waals surface area contributed by atoms with Gasteiger partial charge in [0.15, 0.2) is 6.10 Å². The molecule has 0 spiro atoms. The van der Waals surface area contributed by atoms with E-state index < -0.39 is 32.5 Å². The molecule has 0 rings (SSSR count). The predicted molar refractivity (Wildman–Crippen MR) is 81.9 cm³/mol. The maximum atomic E-state index is 11.7. The van der Waals surface area contributed by atoms with E-state index in [0.717, 1.165) is 25.7 Å². The number of unbranched alkanes of at least 4 members (excludes halogenated alkanes) is 4. The molecule has 0 aliphatic carbocycles. The molecule has 0 saturated heterocycles. The van der Waals surface area contributed by atoms with Crippen LogP contribution in [0.4, 0.5) is 0 Å². The maximum Gasteiger partial charge on any atom is 0.469 e. The zero-order valence-electron chi connectivity index (χ0n) is 13.1. The summed E-state index contributed by atoms with van der Waals surface area (Å²) >= 11 is 0. The SMILES string of the molecule is [CH2-]CCCCCCC(=O)O[C@H](COC(=O)C[CH2-])COP(=O)(O)O. The van der Waals surface area contributed by atoms with Crippen molar-refractivity contribution < 1.29 is 37.9 Å². The van der Waals surface area contributed by atoms with E-state index in [1.165, 1.54) is 0 Å². The quantitative estimate of drug-likeness (QED) is 0.223. The fourth-order valence-electron chi connectivity index (χ4n) is 1.60. The molecule has 0 aromatic heterocycles. The number of phosphoric ester groups is 1. The smallest absolute Gasteiger partial charge is 0.464 e. The normalized spacial score (nSPS) is 12.7. The minimum Gasteiger partial charge on any atom is -0.464 e. The number of phosphoric acid groups is 1. The Labute approximate surface area is 136 Å². The molecule has 0 aromatic carbocycles. The van der Waals surface area contributed by atoms with Crippen molar-refractivity contribution in [2.75, 3.05) is 13.2 Å². The summed E-state index contributed by atoms with van der Waals surface area (Å²) in [6.45, 7) is 6.14. The first-order valence-electron chi connectivity index (χ1n) is 7.42. The van der Waals surface area contributed by atoms with E-state index in [0.29, 0.717) is 6.42 Å². The van der Waals surface area contributed by atoms with Crippen molar-refractivity contribution in [1.82, 2.24) is 0 Å². The van der Waals surface area contributed by atoms with Crippen LogP contribution in [0.5, 0.6) is 0 Å². The molecule has 136 valence electrons. The lowest BCUT2D eigenvalue weighted by Crippen LogP contribution is -2.29. The molecule has 0 aliphatic heterocycles. The van der Waals surface area contributed by atoms with Gasteiger partial charge in [0, 0.05) is 6.42 Å². The summed E-state index contributed by atoms with van der Waals surface area (Å²) in [7, 11) is -4.70. The van der Waals surface area contributed by atoms with Gasteiger partial charge in [-0.05, 0) is 6.42 Å². The molecule has 0 amide bonds. The topological polar surface area (TPSA) is 119 Å². The van der Waals surface area contributed by atoms with Crippen LogP contribution in [0.3, 0.4) is 0 Å². The highest BCUT2D eigenvalue weighted by atomic mass is 31.2. The van der Waals surface area contributed by atoms with E-state index in [1.807, 2.05) is 0 Å². The Kier molecular flexibility index (Phi) is 12.0. The molecule has 2 N–H and O–H groups in total. The van der Waals surface area contributed by atoms with E-state index in [4.69, 9.17) is 19.3 Å². The highest BCUT2D eigenvalue weighted by molar-refractivity contribution is 7.46. The van der Waals surface area contributed by atoms with Gasteiger partial charge in [-0.15, -0.1) is 0 Å². The van der Waals surface area contributed by atoms with E-state index in [1.54, 1.807) is 0 Å². The Hall–Kier alpha value is -0.950. The minimum atomic E-state index is -4.70. The molecular formula is C14H25O8P-2. The Morgan fingerprint density at radius 3 is 2.22 bits per heavy atom. The Morgan fingerprint density at radius 1 is 1.00 bits per heavy atom. The zero-order valence-corrected chi connectivity index (χ0v) is 14.0. The van der Waals surface area contributed by atoms with Crippen molar-refractivity contribution >= 4 is 19.8 Å². The van der Waals surface area contributed by atoms with Crippen molar-refractivity contribution in [2.24, 2.45) is 0 Å². The molecule has 0 fully saturated rings. The average molecular weight is 352 g/mol. The predicted octanol–water partition coefficient (Wildman–Crippen LogP) is 1.95. The van der Waals surface area contributed by atoms with Gasteiger partial charge >= 0.3 is 13.8 Å². The van der Waals surface area contributed by atoms with Crippen LogP contribution < -0.4 is 0 Å². The Balaban J connectivity index is 4.23. The summed E-state index contributed by atoms with van der Waals surface area (Å²) in [5.74, 6) is -1.15. The van der Waals surface area contributed by atoms with Gasteiger partial charge < -0.3 is 33.1 Å². The lowest BCUT2D eigenvalue weighted by atomic mass is 10.1. The highest BCUT2D eigenvalue weighted by Gasteiger charge is 2.22. The van der Waals surface area contributed by atoms with Gasteiger partial charge in [-0.3, -0.25) is 14.1 Å². The summed E-state index contributed by atoms with van der Waals surface area (Å²) < 4.78 is 24.8. The van der Waals surface area contributed by atoms with Crippen LogP contribution in [-0.4, -0.2) is 41.0 Å². The zero-order chi connectivity index (χ0) is 17.7. The number of hydrogen-bond acceptors (Lipinski definition) is 6. The second-order valence-corrected chi connectivity index (χ2v) is 6.09. The van der Waals surface area contributed by atoms with Crippen LogP contribution in [0.15, 0.2) is 0 Å². The van der Waals surface area contributed by atoms with Gasteiger partial charge in [-0.2, -0.15) is 6.42 Å². The van der Waals surface area contributed by atoms with Gasteiger partial charge in [0.05, 0.1) is 6.61 Å². The van der Waals surface area contributed by atoms with Gasteiger partial charge in [-0.1, -0.05) is 25.7 Å². The van der Waals surface area contributed by atoms with E-state index in [-0.39, 0.29) is 19.4 Å². The molecule has 0 bridgehead atoms. The van der Waals surface area contributed by atoms with Gasteiger partial charge in [0.1, 0.15) is 6.61 Å². The molecule has 0 heterocycles. The maximum absolute atomic E-state index is 11.7. The standard InChI is InChI=1S/C14H25O8P/c1-3-5-6-7-8-9-14(16)22-12(10-20-13(15)4-2)11-21-23(17,18)19/h12H,1-11H2,(H2,17,18,19)/q-2/t12-/m1/s1. The molecule has 0 saturated carbocycles. The first-order valence-corrected chi connectivity index (χ1v) is 8.95. The summed E-state index contributed by atoms with van der Waals surface area (Å²) in [5.41, 5.74) is 0.